The Kier molecular flexibility index (Phi) is 7.05. The fourth-order valence-corrected chi connectivity index (χ4v) is 2.22. The Morgan fingerprint density at radius 2 is 2.00 bits per heavy atom. The van der Waals surface area contributed by atoms with Crippen LogP contribution in [0.1, 0.15) is 25.3 Å². The van der Waals surface area contributed by atoms with Crippen molar-refractivity contribution in [1.82, 2.24) is 10.6 Å². The van der Waals surface area contributed by atoms with E-state index in [1.54, 1.807) is 0 Å². The molecule has 0 aromatic heterocycles. The molecule has 1 aromatic carbocycles. The average Bonchev–Trinajstić information content (AvgIpc) is 3.24. The van der Waals surface area contributed by atoms with Crippen LogP contribution in [0.5, 0.6) is 0 Å². The molecule has 1 aromatic rings. The lowest BCUT2D eigenvalue weighted by atomic mass is 9.96. The molecule has 1 aliphatic carbocycles. The molecule has 0 aliphatic heterocycles. The Morgan fingerprint density at radius 1 is 1.30 bits per heavy atom. The number of aliphatic imine (C=N–C) groups is 1. The molecule has 2 N–H and O–H groups in total. The van der Waals surface area contributed by atoms with Crippen LogP contribution >= 0.6 is 24.0 Å². The first-order valence-corrected chi connectivity index (χ1v) is 6.99. The molecule has 1 saturated carbocycles. The van der Waals surface area contributed by atoms with Gasteiger partial charge in [0.1, 0.15) is 0 Å². The highest BCUT2D eigenvalue weighted by atomic mass is 127. The van der Waals surface area contributed by atoms with Crippen molar-refractivity contribution in [3.8, 4) is 0 Å². The van der Waals surface area contributed by atoms with Crippen LogP contribution in [0.15, 0.2) is 48.0 Å². The highest BCUT2D eigenvalue weighted by Crippen LogP contribution is 2.48. The molecule has 0 bridgehead atoms. The monoisotopic (exact) mass is 385 g/mol. The molecule has 0 atom stereocenters. The van der Waals surface area contributed by atoms with Gasteiger partial charge in [-0.3, -0.25) is 4.99 Å². The lowest BCUT2D eigenvalue weighted by molar-refractivity contribution is 0.696. The second-order valence-corrected chi connectivity index (χ2v) is 5.01. The molecule has 0 spiro atoms. The third kappa shape index (κ3) is 4.51. The van der Waals surface area contributed by atoms with Crippen molar-refractivity contribution in [1.29, 1.82) is 0 Å². The molecule has 0 heterocycles. The van der Waals surface area contributed by atoms with Crippen molar-refractivity contribution in [3.63, 3.8) is 0 Å². The summed E-state index contributed by atoms with van der Waals surface area (Å²) in [5.41, 5.74) is 1.69. The van der Waals surface area contributed by atoms with E-state index in [1.807, 2.05) is 6.08 Å². The van der Waals surface area contributed by atoms with E-state index >= 15 is 0 Å². The summed E-state index contributed by atoms with van der Waals surface area (Å²) in [6.07, 6.45) is 4.32. The minimum atomic E-state index is 0. The summed E-state index contributed by atoms with van der Waals surface area (Å²) in [5.74, 6) is 0.879. The number of guanidine groups is 1. The van der Waals surface area contributed by atoms with E-state index in [0.717, 1.165) is 25.6 Å². The second-order valence-electron chi connectivity index (χ2n) is 5.01. The van der Waals surface area contributed by atoms with Gasteiger partial charge in [-0.1, -0.05) is 36.4 Å². The maximum absolute atomic E-state index is 4.71. The fourth-order valence-electron chi connectivity index (χ4n) is 2.22. The van der Waals surface area contributed by atoms with Crippen molar-refractivity contribution in [2.45, 2.75) is 25.2 Å². The van der Waals surface area contributed by atoms with Crippen molar-refractivity contribution in [2.24, 2.45) is 4.99 Å². The minimum absolute atomic E-state index is 0. The Hall–Kier alpha value is -1.04. The standard InChI is InChI=1S/C16H23N3.HI/c1-3-12-18-15(17-4-2)19-13-16(10-11-16)14-8-6-5-7-9-14;/h3,5-9H,1,4,10-13H2,2H3,(H2,17,18,19);1H. The topological polar surface area (TPSA) is 36.4 Å². The van der Waals surface area contributed by atoms with E-state index in [2.05, 4.69) is 54.5 Å². The van der Waals surface area contributed by atoms with Gasteiger partial charge in [0.05, 0.1) is 6.54 Å². The SMILES string of the molecule is C=CCNC(=NCC1(c2ccccc2)CC1)NCC.I. The van der Waals surface area contributed by atoms with Gasteiger partial charge >= 0.3 is 0 Å². The quantitative estimate of drug-likeness (QED) is 0.342. The third-order valence-electron chi connectivity index (χ3n) is 3.54. The van der Waals surface area contributed by atoms with Crippen molar-refractivity contribution >= 4 is 29.9 Å². The van der Waals surface area contributed by atoms with E-state index < -0.39 is 0 Å². The minimum Gasteiger partial charge on any atom is -0.357 e. The Labute approximate surface area is 139 Å². The lowest BCUT2D eigenvalue weighted by Gasteiger charge is -2.15. The molecule has 2 rings (SSSR count). The molecule has 0 saturated heterocycles. The number of halogens is 1. The van der Waals surface area contributed by atoms with Gasteiger partial charge in [0, 0.05) is 18.5 Å². The van der Waals surface area contributed by atoms with Gasteiger partial charge in [-0.25, -0.2) is 0 Å². The van der Waals surface area contributed by atoms with Crippen LogP contribution in [0.4, 0.5) is 0 Å². The lowest BCUT2D eigenvalue weighted by Crippen LogP contribution is -2.38. The zero-order valence-electron chi connectivity index (χ0n) is 12.1. The molecule has 20 heavy (non-hydrogen) atoms. The first kappa shape index (κ1) is 17.0. The molecule has 0 unspecified atom stereocenters. The largest absolute Gasteiger partial charge is 0.357 e. The van der Waals surface area contributed by atoms with Gasteiger partial charge < -0.3 is 10.6 Å². The van der Waals surface area contributed by atoms with Crippen LogP contribution in [0.25, 0.3) is 0 Å². The summed E-state index contributed by atoms with van der Waals surface area (Å²) in [6, 6.07) is 10.7. The number of benzene rings is 1. The highest BCUT2D eigenvalue weighted by molar-refractivity contribution is 14.0. The smallest absolute Gasteiger partial charge is 0.191 e. The Morgan fingerprint density at radius 3 is 2.55 bits per heavy atom. The van der Waals surface area contributed by atoms with E-state index in [0.29, 0.717) is 0 Å². The zero-order valence-corrected chi connectivity index (χ0v) is 14.4. The first-order chi connectivity index (χ1) is 9.30. The summed E-state index contributed by atoms with van der Waals surface area (Å²) in [4.78, 5) is 4.71. The van der Waals surface area contributed by atoms with Crippen LogP contribution in [-0.4, -0.2) is 25.6 Å². The van der Waals surface area contributed by atoms with Crippen LogP contribution in [0.3, 0.4) is 0 Å². The fraction of sp³-hybridized carbons (Fsp3) is 0.438. The van der Waals surface area contributed by atoms with E-state index in [9.17, 15) is 0 Å². The van der Waals surface area contributed by atoms with Gasteiger partial charge in [-0.2, -0.15) is 0 Å². The van der Waals surface area contributed by atoms with Crippen molar-refractivity contribution in [2.75, 3.05) is 19.6 Å². The maximum Gasteiger partial charge on any atom is 0.191 e. The number of hydrogen-bond donors (Lipinski definition) is 2. The predicted octanol–water partition coefficient (Wildman–Crippen LogP) is 3.08. The molecule has 110 valence electrons. The number of nitrogens with zero attached hydrogens (tertiary/aromatic N) is 1. The summed E-state index contributed by atoms with van der Waals surface area (Å²) in [6.45, 7) is 8.26. The second kappa shape index (κ2) is 8.29. The van der Waals surface area contributed by atoms with Gasteiger partial charge in [0.2, 0.25) is 0 Å². The number of rotatable bonds is 6. The molecule has 0 radical (unpaired) electrons. The van der Waals surface area contributed by atoms with E-state index in [1.165, 1.54) is 18.4 Å². The average molecular weight is 385 g/mol. The van der Waals surface area contributed by atoms with Gasteiger partial charge in [-0.15, -0.1) is 30.6 Å². The summed E-state index contributed by atoms with van der Waals surface area (Å²) in [5, 5.41) is 6.50. The highest BCUT2D eigenvalue weighted by Gasteiger charge is 2.43. The Bertz CT molecular complexity index is 438. The van der Waals surface area contributed by atoms with Crippen molar-refractivity contribution < 1.29 is 0 Å². The van der Waals surface area contributed by atoms with Gasteiger partial charge in [0.25, 0.3) is 0 Å². The molecule has 1 aliphatic rings. The number of hydrogen-bond acceptors (Lipinski definition) is 1. The van der Waals surface area contributed by atoms with Gasteiger partial charge in [-0.05, 0) is 25.3 Å². The molecular formula is C16H24IN3. The van der Waals surface area contributed by atoms with Crippen LogP contribution in [-0.2, 0) is 5.41 Å². The zero-order chi connectivity index (χ0) is 13.6. The predicted molar refractivity (Wildman–Crippen MR) is 96.9 cm³/mol. The van der Waals surface area contributed by atoms with Crippen LogP contribution in [0, 0.1) is 0 Å². The normalized spacial score (nSPS) is 15.9. The summed E-state index contributed by atoms with van der Waals surface area (Å²) < 4.78 is 0. The molecule has 3 nitrogen and oxygen atoms in total. The first-order valence-electron chi connectivity index (χ1n) is 6.99. The maximum atomic E-state index is 4.71. The Balaban J connectivity index is 0.00000200. The molecule has 4 heteroatoms. The molecular weight excluding hydrogens is 361 g/mol. The number of nitrogens with one attached hydrogen (secondary N) is 2. The van der Waals surface area contributed by atoms with Crippen molar-refractivity contribution in [3.05, 3.63) is 48.6 Å². The van der Waals surface area contributed by atoms with Crippen LogP contribution < -0.4 is 10.6 Å². The molecule has 0 amide bonds. The third-order valence-corrected chi connectivity index (χ3v) is 3.54. The summed E-state index contributed by atoms with van der Waals surface area (Å²) in [7, 11) is 0. The van der Waals surface area contributed by atoms with Crippen LogP contribution in [0.2, 0.25) is 0 Å². The molecule has 1 fully saturated rings. The van der Waals surface area contributed by atoms with Gasteiger partial charge in [0.15, 0.2) is 5.96 Å². The van der Waals surface area contributed by atoms with E-state index in [-0.39, 0.29) is 29.4 Å². The van der Waals surface area contributed by atoms with E-state index in [4.69, 9.17) is 4.99 Å². The summed E-state index contributed by atoms with van der Waals surface area (Å²) >= 11 is 0.